The third-order valence-electron chi connectivity index (χ3n) is 5.09. The van der Waals surface area contributed by atoms with Gasteiger partial charge in [-0.25, -0.2) is 8.42 Å². The van der Waals surface area contributed by atoms with Crippen LogP contribution < -0.4 is 5.32 Å². The Morgan fingerprint density at radius 1 is 1.14 bits per heavy atom. The van der Waals surface area contributed by atoms with E-state index in [1.165, 1.54) is 4.31 Å². The molecule has 4 rings (SSSR count). The highest BCUT2D eigenvalue weighted by Gasteiger charge is 2.39. The number of carbonyl (C=O) groups excluding carboxylic acids is 1. The molecular weight excluding hydrogens is 376 g/mol. The smallest absolute Gasteiger partial charge is 0.243 e. The van der Waals surface area contributed by atoms with Gasteiger partial charge >= 0.3 is 0 Å². The minimum Gasteiger partial charge on any atom is -0.459 e. The predicted octanol–water partition coefficient (Wildman–Crippen LogP) is 3.46. The molecule has 0 radical (unpaired) electrons. The first kappa shape index (κ1) is 18.7. The molecule has 28 heavy (non-hydrogen) atoms. The van der Waals surface area contributed by atoms with Crippen LogP contribution in [-0.4, -0.2) is 31.2 Å². The van der Waals surface area contributed by atoms with Crippen LogP contribution in [0.1, 0.15) is 31.6 Å². The number of amides is 1. The standard InChI is InChI=1S/C21H22N2O4S/c1-15(20-14-16-8-5-6-12-19(16)27-20)22-21(24)18-11-7-13-23(18)28(25,26)17-9-3-2-4-10-17/h2-6,8-10,12,14-15,18H,7,11,13H2,1H3,(H,22,24). The summed E-state index contributed by atoms with van der Waals surface area (Å²) in [5.74, 6) is 0.343. The summed E-state index contributed by atoms with van der Waals surface area (Å²) < 4.78 is 33.0. The molecule has 2 heterocycles. The Labute approximate surface area is 164 Å². The first-order valence-electron chi connectivity index (χ1n) is 9.32. The van der Waals surface area contributed by atoms with Gasteiger partial charge in [0.15, 0.2) is 0 Å². The molecule has 2 atom stereocenters. The van der Waals surface area contributed by atoms with Gasteiger partial charge < -0.3 is 9.73 Å². The number of furan rings is 1. The molecule has 3 aromatic rings. The Morgan fingerprint density at radius 2 is 1.86 bits per heavy atom. The second kappa shape index (κ2) is 7.41. The Balaban J connectivity index is 1.52. The fraction of sp³-hybridized carbons (Fsp3) is 0.286. The maximum atomic E-state index is 12.9. The molecule has 1 aliphatic rings. The van der Waals surface area contributed by atoms with Crippen LogP contribution in [0.15, 0.2) is 70.0 Å². The number of hydrogen-bond donors (Lipinski definition) is 1. The number of benzene rings is 2. The number of sulfonamides is 1. The van der Waals surface area contributed by atoms with Crippen molar-refractivity contribution in [1.29, 1.82) is 0 Å². The Morgan fingerprint density at radius 3 is 2.61 bits per heavy atom. The molecule has 7 heteroatoms. The summed E-state index contributed by atoms with van der Waals surface area (Å²) in [6.07, 6.45) is 1.16. The zero-order valence-corrected chi connectivity index (χ0v) is 16.4. The molecule has 1 saturated heterocycles. The van der Waals surface area contributed by atoms with Crippen molar-refractivity contribution in [2.45, 2.75) is 36.7 Å². The zero-order chi connectivity index (χ0) is 19.7. The van der Waals surface area contributed by atoms with Crippen LogP contribution in [0.3, 0.4) is 0 Å². The van der Waals surface area contributed by atoms with Gasteiger partial charge in [0.1, 0.15) is 17.4 Å². The number of nitrogens with one attached hydrogen (secondary N) is 1. The Kier molecular flexibility index (Phi) is 4.95. The number of fused-ring (bicyclic) bond motifs is 1. The quantitative estimate of drug-likeness (QED) is 0.714. The molecule has 1 amide bonds. The molecule has 2 aromatic carbocycles. The lowest BCUT2D eigenvalue weighted by atomic mass is 10.2. The van der Waals surface area contributed by atoms with Crippen molar-refractivity contribution < 1.29 is 17.6 Å². The summed E-state index contributed by atoms with van der Waals surface area (Å²) in [4.78, 5) is 13.1. The molecule has 1 aromatic heterocycles. The molecule has 1 aliphatic heterocycles. The maximum Gasteiger partial charge on any atom is 0.243 e. The van der Waals surface area contributed by atoms with Gasteiger partial charge in [0, 0.05) is 11.9 Å². The van der Waals surface area contributed by atoms with Gasteiger partial charge in [0.2, 0.25) is 15.9 Å². The summed E-state index contributed by atoms with van der Waals surface area (Å²) in [5, 5.41) is 3.88. The highest BCUT2D eigenvalue weighted by atomic mass is 32.2. The molecule has 0 saturated carbocycles. The second-order valence-corrected chi connectivity index (χ2v) is 8.89. The fourth-order valence-corrected chi connectivity index (χ4v) is 5.29. The lowest BCUT2D eigenvalue weighted by Crippen LogP contribution is -2.46. The third-order valence-corrected chi connectivity index (χ3v) is 7.01. The Hall–Kier alpha value is -2.64. The van der Waals surface area contributed by atoms with Crippen LogP contribution in [0, 0.1) is 0 Å². The summed E-state index contributed by atoms with van der Waals surface area (Å²) in [5.41, 5.74) is 0.757. The van der Waals surface area contributed by atoms with Crippen molar-refractivity contribution in [2.24, 2.45) is 0 Å². The van der Waals surface area contributed by atoms with Crippen molar-refractivity contribution >= 4 is 26.9 Å². The van der Waals surface area contributed by atoms with E-state index in [2.05, 4.69) is 5.32 Å². The predicted molar refractivity (Wildman–Crippen MR) is 106 cm³/mol. The third kappa shape index (κ3) is 3.43. The van der Waals surface area contributed by atoms with Gasteiger partial charge in [-0.1, -0.05) is 36.4 Å². The molecule has 2 unspecified atom stereocenters. The summed E-state index contributed by atoms with van der Waals surface area (Å²) in [6, 6.07) is 16.7. The lowest BCUT2D eigenvalue weighted by molar-refractivity contribution is -0.125. The highest BCUT2D eigenvalue weighted by molar-refractivity contribution is 7.89. The molecule has 0 spiro atoms. The molecule has 1 N–H and O–H groups in total. The molecule has 0 bridgehead atoms. The van der Waals surface area contributed by atoms with Crippen LogP contribution in [-0.2, 0) is 14.8 Å². The van der Waals surface area contributed by atoms with Crippen molar-refractivity contribution in [3.8, 4) is 0 Å². The van der Waals surface area contributed by atoms with E-state index in [0.29, 0.717) is 25.1 Å². The summed E-state index contributed by atoms with van der Waals surface area (Å²) in [7, 11) is -3.70. The van der Waals surface area contributed by atoms with Gasteiger partial charge in [-0.2, -0.15) is 4.31 Å². The lowest BCUT2D eigenvalue weighted by Gasteiger charge is -2.24. The first-order valence-corrected chi connectivity index (χ1v) is 10.8. The van der Waals surface area contributed by atoms with Gasteiger partial charge in [0.05, 0.1) is 10.9 Å². The SMILES string of the molecule is CC(NC(=O)C1CCCN1S(=O)(=O)c1ccccc1)c1cc2ccccc2o1. The molecule has 6 nitrogen and oxygen atoms in total. The van der Waals surface area contributed by atoms with Crippen molar-refractivity contribution in [2.75, 3.05) is 6.54 Å². The molecule has 0 aliphatic carbocycles. The molecule has 146 valence electrons. The Bertz CT molecular complexity index is 1060. The maximum absolute atomic E-state index is 12.9. The minimum absolute atomic E-state index is 0.208. The van der Waals surface area contributed by atoms with E-state index in [1.807, 2.05) is 37.3 Å². The summed E-state index contributed by atoms with van der Waals surface area (Å²) >= 11 is 0. The van der Waals surface area contributed by atoms with Crippen LogP contribution in [0.25, 0.3) is 11.0 Å². The van der Waals surface area contributed by atoms with Gasteiger partial charge in [-0.15, -0.1) is 0 Å². The van der Waals surface area contributed by atoms with Crippen LogP contribution in [0.5, 0.6) is 0 Å². The van der Waals surface area contributed by atoms with Crippen LogP contribution >= 0.6 is 0 Å². The van der Waals surface area contributed by atoms with Gasteiger partial charge in [-0.3, -0.25) is 4.79 Å². The van der Waals surface area contributed by atoms with Crippen LogP contribution in [0.2, 0.25) is 0 Å². The van der Waals surface area contributed by atoms with E-state index in [9.17, 15) is 13.2 Å². The van der Waals surface area contributed by atoms with E-state index in [0.717, 1.165) is 11.0 Å². The van der Waals surface area contributed by atoms with Crippen molar-refractivity contribution in [1.82, 2.24) is 9.62 Å². The molecule has 1 fully saturated rings. The zero-order valence-electron chi connectivity index (χ0n) is 15.5. The van der Waals surface area contributed by atoms with Gasteiger partial charge in [0.25, 0.3) is 0 Å². The molecular formula is C21H22N2O4S. The largest absolute Gasteiger partial charge is 0.459 e. The second-order valence-electron chi connectivity index (χ2n) is 7.00. The van der Waals surface area contributed by atoms with Gasteiger partial charge in [-0.05, 0) is 44.0 Å². The van der Waals surface area contributed by atoms with E-state index in [4.69, 9.17) is 4.42 Å². The number of carbonyl (C=O) groups is 1. The van der Waals surface area contributed by atoms with E-state index >= 15 is 0 Å². The normalized spacial score (nSPS) is 19.0. The highest BCUT2D eigenvalue weighted by Crippen LogP contribution is 2.28. The van der Waals surface area contributed by atoms with E-state index in [-0.39, 0.29) is 16.8 Å². The number of para-hydroxylation sites is 1. The average Bonchev–Trinajstić information content (AvgIpc) is 3.36. The number of nitrogens with zero attached hydrogens (tertiary/aromatic N) is 1. The number of hydrogen-bond acceptors (Lipinski definition) is 4. The van der Waals surface area contributed by atoms with E-state index in [1.54, 1.807) is 30.3 Å². The van der Waals surface area contributed by atoms with E-state index < -0.39 is 16.1 Å². The monoisotopic (exact) mass is 398 g/mol. The van der Waals surface area contributed by atoms with Crippen molar-refractivity contribution in [3.63, 3.8) is 0 Å². The number of rotatable bonds is 5. The summed E-state index contributed by atoms with van der Waals surface area (Å²) in [6.45, 7) is 2.18. The minimum atomic E-state index is -3.70. The average molecular weight is 398 g/mol. The fourth-order valence-electron chi connectivity index (χ4n) is 3.61. The first-order chi connectivity index (χ1) is 13.5. The van der Waals surface area contributed by atoms with Crippen molar-refractivity contribution in [3.05, 3.63) is 66.4 Å². The topological polar surface area (TPSA) is 79.6 Å². The van der Waals surface area contributed by atoms with Crippen LogP contribution in [0.4, 0.5) is 0 Å².